The van der Waals surface area contributed by atoms with Gasteiger partial charge in [0.05, 0.1) is 0 Å². The van der Waals surface area contributed by atoms with Gasteiger partial charge in [0.15, 0.2) is 0 Å². The molecule has 6 heteroatoms. The first-order valence-corrected chi connectivity index (χ1v) is 10.7. The van der Waals surface area contributed by atoms with E-state index in [-0.39, 0.29) is 18.0 Å². The van der Waals surface area contributed by atoms with Gasteiger partial charge >= 0.3 is 0 Å². The van der Waals surface area contributed by atoms with Gasteiger partial charge in [0, 0.05) is 40.1 Å². The van der Waals surface area contributed by atoms with Crippen molar-refractivity contribution in [3.8, 4) is 0 Å². The predicted molar refractivity (Wildman–Crippen MR) is 117 cm³/mol. The third-order valence-corrected chi connectivity index (χ3v) is 6.05. The maximum Gasteiger partial charge on any atom is 0.253 e. The molecule has 1 aliphatic carbocycles. The number of rotatable bonds is 6. The number of benzene rings is 1. The summed E-state index contributed by atoms with van der Waals surface area (Å²) in [7, 11) is 0. The Labute approximate surface area is 174 Å². The Balaban J connectivity index is 1.73. The second-order valence-corrected chi connectivity index (χ2v) is 8.70. The maximum atomic E-state index is 12.8. The van der Waals surface area contributed by atoms with Gasteiger partial charge in [0.25, 0.3) is 11.5 Å². The van der Waals surface area contributed by atoms with E-state index >= 15 is 0 Å². The Bertz CT molecular complexity index is 930. The molecule has 0 atom stereocenters. The minimum Gasteiger partial charge on any atom is -0.385 e. The molecule has 2 aromatic rings. The molecule has 1 saturated carbocycles. The van der Waals surface area contributed by atoms with Gasteiger partial charge < -0.3 is 15.6 Å². The summed E-state index contributed by atoms with van der Waals surface area (Å²) in [5.41, 5.74) is 4.66. The summed E-state index contributed by atoms with van der Waals surface area (Å²) in [6.07, 6.45) is 5.18. The number of carbonyl (C=O) groups excluding carboxylic acids is 1. The number of halogens is 1. The van der Waals surface area contributed by atoms with E-state index in [1.807, 2.05) is 39.0 Å². The minimum absolute atomic E-state index is 0.150. The SMILES string of the molecule is Cc1cc(C)c(CNC(=O)c2cc(Br)cc(NCC3CCCC3)c2C)c(=O)[nH]1. The lowest BCUT2D eigenvalue weighted by atomic mass is 10.0. The predicted octanol–water partition coefficient (Wildman–Crippen LogP) is 4.59. The van der Waals surface area contributed by atoms with E-state index in [1.54, 1.807) is 0 Å². The Morgan fingerprint density at radius 2 is 1.89 bits per heavy atom. The molecule has 1 heterocycles. The molecule has 1 aromatic carbocycles. The Kier molecular flexibility index (Phi) is 6.60. The Morgan fingerprint density at radius 1 is 1.18 bits per heavy atom. The third kappa shape index (κ3) is 4.85. The van der Waals surface area contributed by atoms with Crippen molar-refractivity contribution in [1.82, 2.24) is 10.3 Å². The number of anilines is 1. The fourth-order valence-corrected chi connectivity index (χ4v) is 4.39. The standard InChI is InChI=1S/C22H28BrN3O2/c1-13-8-14(2)26-22(28)19(13)12-25-21(27)18-9-17(23)10-20(15(18)3)24-11-16-6-4-5-7-16/h8-10,16,24H,4-7,11-12H2,1-3H3,(H,25,27)(H,26,28). The normalized spacial score (nSPS) is 14.3. The van der Waals surface area contributed by atoms with Gasteiger partial charge in [0.1, 0.15) is 0 Å². The molecule has 3 rings (SSSR count). The molecule has 5 nitrogen and oxygen atoms in total. The van der Waals surface area contributed by atoms with Crippen LogP contribution in [0, 0.1) is 26.7 Å². The highest BCUT2D eigenvalue weighted by Gasteiger charge is 2.17. The molecule has 1 aromatic heterocycles. The number of aryl methyl sites for hydroxylation is 2. The molecular weight excluding hydrogens is 418 g/mol. The van der Waals surface area contributed by atoms with Crippen LogP contribution in [0.1, 0.15) is 58.4 Å². The third-order valence-electron chi connectivity index (χ3n) is 5.59. The van der Waals surface area contributed by atoms with Crippen molar-refractivity contribution in [3.05, 3.63) is 61.0 Å². The highest BCUT2D eigenvalue weighted by Crippen LogP contribution is 2.28. The average Bonchev–Trinajstić information content (AvgIpc) is 3.14. The summed E-state index contributed by atoms with van der Waals surface area (Å²) in [5, 5.41) is 6.43. The van der Waals surface area contributed by atoms with Crippen molar-refractivity contribution in [1.29, 1.82) is 0 Å². The van der Waals surface area contributed by atoms with Gasteiger partial charge in [-0.1, -0.05) is 28.8 Å². The van der Waals surface area contributed by atoms with Gasteiger partial charge in [-0.25, -0.2) is 0 Å². The molecular formula is C22H28BrN3O2. The molecule has 0 aliphatic heterocycles. The first-order valence-electron chi connectivity index (χ1n) is 9.86. The van der Waals surface area contributed by atoms with Crippen LogP contribution in [-0.4, -0.2) is 17.4 Å². The van der Waals surface area contributed by atoms with Crippen LogP contribution in [0.4, 0.5) is 5.69 Å². The van der Waals surface area contributed by atoms with Gasteiger partial charge in [-0.05, 0) is 68.9 Å². The highest BCUT2D eigenvalue weighted by atomic mass is 79.9. The summed E-state index contributed by atoms with van der Waals surface area (Å²) >= 11 is 3.52. The maximum absolute atomic E-state index is 12.8. The lowest BCUT2D eigenvalue weighted by molar-refractivity contribution is 0.0950. The summed E-state index contributed by atoms with van der Waals surface area (Å²) < 4.78 is 0.863. The number of pyridine rings is 1. The summed E-state index contributed by atoms with van der Waals surface area (Å²) in [5.74, 6) is 0.536. The van der Waals surface area contributed by atoms with Gasteiger partial charge in [0.2, 0.25) is 0 Å². The van der Waals surface area contributed by atoms with E-state index in [2.05, 4.69) is 31.5 Å². The zero-order valence-corrected chi connectivity index (χ0v) is 18.3. The number of amides is 1. The second-order valence-electron chi connectivity index (χ2n) is 7.78. The Hall–Kier alpha value is -2.08. The first kappa shape index (κ1) is 20.6. The van der Waals surface area contributed by atoms with Crippen molar-refractivity contribution in [2.75, 3.05) is 11.9 Å². The molecule has 1 amide bonds. The van der Waals surface area contributed by atoms with Crippen molar-refractivity contribution in [2.24, 2.45) is 5.92 Å². The molecule has 3 N–H and O–H groups in total. The summed E-state index contributed by atoms with van der Waals surface area (Å²) in [6.45, 7) is 6.84. The van der Waals surface area contributed by atoms with Gasteiger partial charge in [-0.3, -0.25) is 9.59 Å². The molecule has 0 radical (unpaired) electrons. The van der Waals surface area contributed by atoms with Crippen LogP contribution in [0.2, 0.25) is 0 Å². The molecule has 0 saturated heterocycles. The van der Waals surface area contributed by atoms with Crippen molar-refractivity contribution >= 4 is 27.5 Å². The topological polar surface area (TPSA) is 74.0 Å². The van der Waals surface area contributed by atoms with Crippen LogP contribution in [0.15, 0.2) is 27.5 Å². The first-order chi connectivity index (χ1) is 13.3. The zero-order chi connectivity index (χ0) is 20.3. The van der Waals surface area contributed by atoms with Crippen LogP contribution in [0.5, 0.6) is 0 Å². The Morgan fingerprint density at radius 3 is 2.57 bits per heavy atom. The molecule has 0 unspecified atom stereocenters. The van der Waals surface area contributed by atoms with E-state index in [4.69, 9.17) is 0 Å². The minimum atomic E-state index is -0.179. The molecule has 28 heavy (non-hydrogen) atoms. The number of H-pyrrole nitrogens is 1. The van der Waals surface area contributed by atoms with Crippen LogP contribution < -0.4 is 16.2 Å². The number of hydrogen-bond acceptors (Lipinski definition) is 3. The van der Waals surface area contributed by atoms with Crippen LogP contribution in [-0.2, 0) is 6.54 Å². The average molecular weight is 446 g/mol. The second kappa shape index (κ2) is 8.95. The summed E-state index contributed by atoms with van der Waals surface area (Å²) in [6, 6.07) is 5.77. The van der Waals surface area contributed by atoms with E-state index in [1.165, 1.54) is 25.7 Å². The lowest BCUT2D eigenvalue weighted by Crippen LogP contribution is -2.28. The number of carbonyl (C=O) groups is 1. The molecule has 1 fully saturated rings. The number of aromatic amines is 1. The van der Waals surface area contributed by atoms with Crippen LogP contribution >= 0.6 is 15.9 Å². The molecule has 0 bridgehead atoms. The zero-order valence-electron chi connectivity index (χ0n) is 16.7. The van der Waals surface area contributed by atoms with Crippen molar-refractivity contribution in [3.63, 3.8) is 0 Å². The largest absolute Gasteiger partial charge is 0.385 e. The molecule has 1 aliphatic rings. The summed E-state index contributed by atoms with van der Waals surface area (Å²) in [4.78, 5) is 27.8. The molecule has 0 spiro atoms. The van der Waals surface area contributed by atoms with Crippen LogP contribution in [0.25, 0.3) is 0 Å². The number of aromatic nitrogens is 1. The fourth-order valence-electron chi connectivity index (χ4n) is 3.93. The van der Waals surface area contributed by atoms with Crippen molar-refractivity contribution < 1.29 is 4.79 Å². The van der Waals surface area contributed by atoms with Crippen molar-refractivity contribution in [2.45, 2.75) is 53.0 Å². The van der Waals surface area contributed by atoms with Crippen LogP contribution in [0.3, 0.4) is 0 Å². The van der Waals surface area contributed by atoms with E-state index < -0.39 is 0 Å². The quantitative estimate of drug-likeness (QED) is 0.608. The van der Waals surface area contributed by atoms with E-state index in [9.17, 15) is 9.59 Å². The fraction of sp³-hybridized carbons (Fsp3) is 0.455. The molecule has 150 valence electrons. The number of hydrogen-bond donors (Lipinski definition) is 3. The van der Waals surface area contributed by atoms with E-state index in [0.717, 1.165) is 33.5 Å². The monoisotopic (exact) mass is 445 g/mol. The smallest absolute Gasteiger partial charge is 0.253 e. The lowest BCUT2D eigenvalue weighted by Gasteiger charge is -2.17. The van der Waals surface area contributed by atoms with E-state index in [0.29, 0.717) is 17.0 Å². The number of nitrogens with one attached hydrogen (secondary N) is 3. The van der Waals surface area contributed by atoms with Gasteiger partial charge in [-0.15, -0.1) is 0 Å². The highest BCUT2D eigenvalue weighted by molar-refractivity contribution is 9.10. The van der Waals surface area contributed by atoms with Gasteiger partial charge in [-0.2, -0.15) is 0 Å².